The number of carbonyl (C=O) groups excluding carboxylic acids is 1. The van der Waals surface area contributed by atoms with Gasteiger partial charge < -0.3 is 0 Å². The number of nitrogens with zero attached hydrogens (tertiary/aromatic N) is 1. The van der Waals surface area contributed by atoms with Crippen LogP contribution >= 0.6 is 15.9 Å². The van der Waals surface area contributed by atoms with E-state index in [4.69, 9.17) is 0 Å². The molecule has 0 atom stereocenters. The van der Waals surface area contributed by atoms with Crippen molar-refractivity contribution in [2.45, 2.75) is 6.18 Å². The summed E-state index contributed by atoms with van der Waals surface area (Å²) in [5.41, 5.74) is -1.77. The molecule has 0 unspecified atom stereocenters. The Kier molecular flexibility index (Phi) is 3.80. The lowest BCUT2D eigenvalue weighted by molar-refractivity contribution is -0.137. The van der Waals surface area contributed by atoms with E-state index in [0.29, 0.717) is 21.3 Å². The van der Waals surface area contributed by atoms with Crippen molar-refractivity contribution < 1.29 is 18.0 Å². The second-order valence-corrected chi connectivity index (χ2v) is 4.76. The van der Waals surface area contributed by atoms with Gasteiger partial charge in [-0.1, -0.05) is 12.1 Å². The Hall–Kier alpha value is -1.89. The van der Waals surface area contributed by atoms with Gasteiger partial charge in [0.05, 0.1) is 11.1 Å². The smallest absolute Gasteiger partial charge is 0.269 e. The summed E-state index contributed by atoms with van der Waals surface area (Å²) in [6.45, 7) is 0. The van der Waals surface area contributed by atoms with Gasteiger partial charge in [-0.3, -0.25) is 9.59 Å². The standard InChI is InChI=1S/C13H7BrF3NO2/c14-10-4-2-1-3-9(10)12(20)18-7-8(13(15,16)17)5-6-11(18)19/h1-7H. The number of pyridine rings is 1. The summed E-state index contributed by atoms with van der Waals surface area (Å²) in [6, 6.07) is 7.54. The predicted molar refractivity (Wildman–Crippen MR) is 69.6 cm³/mol. The van der Waals surface area contributed by atoms with Gasteiger partial charge in [0.2, 0.25) is 0 Å². The van der Waals surface area contributed by atoms with Crippen LogP contribution in [0.5, 0.6) is 0 Å². The molecule has 0 radical (unpaired) electrons. The zero-order valence-corrected chi connectivity index (χ0v) is 11.4. The maximum atomic E-state index is 12.6. The third-order valence-corrected chi connectivity index (χ3v) is 3.25. The number of carbonyl (C=O) groups is 1. The number of benzene rings is 1. The quantitative estimate of drug-likeness (QED) is 0.795. The van der Waals surface area contributed by atoms with E-state index in [-0.39, 0.29) is 5.56 Å². The van der Waals surface area contributed by atoms with E-state index in [1.54, 1.807) is 18.2 Å². The molecular weight excluding hydrogens is 339 g/mol. The molecule has 2 aromatic rings. The highest BCUT2D eigenvalue weighted by Gasteiger charge is 2.31. The van der Waals surface area contributed by atoms with E-state index < -0.39 is 23.2 Å². The van der Waals surface area contributed by atoms with Crippen molar-refractivity contribution in [3.63, 3.8) is 0 Å². The molecule has 0 amide bonds. The largest absolute Gasteiger partial charge is 0.417 e. The van der Waals surface area contributed by atoms with Crippen molar-refractivity contribution in [2.75, 3.05) is 0 Å². The number of hydrogen-bond acceptors (Lipinski definition) is 2. The van der Waals surface area contributed by atoms with Crippen LogP contribution < -0.4 is 5.56 Å². The lowest BCUT2D eigenvalue weighted by Gasteiger charge is -2.10. The Morgan fingerprint density at radius 1 is 1.10 bits per heavy atom. The molecule has 0 bridgehead atoms. The van der Waals surface area contributed by atoms with Gasteiger partial charge in [0.1, 0.15) is 0 Å². The Bertz CT molecular complexity index is 722. The molecule has 1 aromatic carbocycles. The van der Waals surface area contributed by atoms with Crippen LogP contribution in [-0.4, -0.2) is 10.5 Å². The molecule has 2 rings (SSSR count). The molecule has 0 aliphatic heterocycles. The first-order chi connectivity index (χ1) is 9.30. The highest BCUT2D eigenvalue weighted by molar-refractivity contribution is 9.10. The summed E-state index contributed by atoms with van der Waals surface area (Å²) in [5, 5.41) is 0. The zero-order valence-electron chi connectivity index (χ0n) is 9.82. The number of halogens is 4. The van der Waals surface area contributed by atoms with Crippen molar-refractivity contribution in [1.82, 2.24) is 4.57 Å². The predicted octanol–water partition coefficient (Wildman–Crippen LogP) is 3.32. The Labute approximate surface area is 119 Å². The van der Waals surface area contributed by atoms with Gasteiger partial charge in [-0.05, 0) is 34.1 Å². The van der Waals surface area contributed by atoms with Crippen LogP contribution in [0.3, 0.4) is 0 Å². The summed E-state index contributed by atoms with van der Waals surface area (Å²) < 4.78 is 38.7. The first-order valence-corrected chi connectivity index (χ1v) is 6.19. The first-order valence-electron chi connectivity index (χ1n) is 5.40. The van der Waals surface area contributed by atoms with E-state index in [1.807, 2.05) is 0 Å². The van der Waals surface area contributed by atoms with E-state index >= 15 is 0 Å². The van der Waals surface area contributed by atoms with E-state index in [9.17, 15) is 22.8 Å². The van der Waals surface area contributed by atoms with Crippen molar-refractivity contribution in [1.29, 1.82) is 0 Å². The van der Waals surface area contributed by atoms with E-state index in [1.165, 1.54) is 6.07 Å². The molecule has 3 nitrogen and oxygen atoms in total. The van der Waals surface area contributed by atoms with Gasteiger partial charge in [0.15, 0.2) is 0 Å². The fraction of sp³-hybridized carbons (Fsp3) is 0.0769. The highest BCUT2D eigenvalue weighted by atomic mass is 79.9. The molecule has 0 fully saturated rings. The molecular formula is C13H7BrF3NO2. The molecule has 0 saturated heterocycles. The van der Waals surface area contributed by atoms with E-state index in [2.05, 4.69) is 15.9 Å². The molecule has 20 heavy (non-hydrogen) atoms. The second-order valence-electron chi connectivity index (χ2n) is 3.91. The van der Waals surface area contributed by atoms with Gasteiger partial charge in [0, 0.05) is 16.7 Å². The third kappa shape index (κ3) is 2.82. The van der Waals surface area contributed by atoms with Crippen molar-refractivity contribution >= 4 is 21.8 Å². The van der Waals surface area contributed by atoms with E-state index in [0.717, 1.165) is 6.07 Å². The van der Waals surface area contributed by atoms with Crippen molar-refractivity contribution in [3.05, 3.63) is 68.5 Å². The Balaban J connectivity index is 2.56. The van der Waals surface area contributed by atoms with Crippen molar-refractivity contribution in [3.8, 4) is 0 Å². The van der Waals surface area contributed by atoms with Gasteiger partial charge in [-0.25, -0.2) is 4.57 Å². The molecule has 0 spiro atoms. The fourth-order valence-corrected chi connectivity index (χ4v) is 2.03. The van der Waals surface area contributed by atoms with Crippen LogP contribution in [0.15, 0.2) is 51.9 Å². The summed E-state index contributed by atoms with van der Waals surface area (Å²) in [4.78, 5) is 23.7. The minimum absolute atomic E-state index is 0.105. The van der Waals surface area contributed by atoms with Crippen LogP contribution in [0.2, 0.25) is 0 Å². The minimum atomic E-state index is -4.62. The third-order valence-electron chi connectivity index (χ3n) is 2.56. The molecule has 0 aliphatic rings. The fourth-order valence-electron chi connectivity index (χ4n) is 1.58. The first kappa shape index (κ1) is 14.5. The van der Waals surface area contributed by atoms with Gasteiger partial charge in [-0.2, -0.15) is 13.2 Å². The summed E-state index contributed by atoms with van der Waals surface area (Å²) in [5.74, 6) is -0.825. The summed E-state index contributed by atoms with van der Waals surface area (Å²) >= 11 is 3.12. The lowest BCUT2D eigenvalue weighted by Crippen LogP contribution is -2.28. The topological polar surface area (TPSA) is 39.1 Å². The number of rotatable bonds is 1. The van der Waals surface area contributed by atoms with Gasteiger partial charge in [0.25, 0.3) is 11.5 Å². The van der Waals surface area contributed by atoms with Crippen LogP contribution in [0.4, 0.5) is 13.2 Å². The number of hydrogen-bond donors (Lipinski definition) is 0. The summed E-state index contributed by atoms with van der Waals surface area (Å²) in [6.07, 6.45) is -4.12. The zero-order chi connectivity index (χ0) is 14.9. The Morgan fingerprint density at radius 3 is 2.35 bits per heavy atom. The van der Waals surface area contributed by atoms with Crippen LogP contribution in [0.1, 0.15) is 15.9 Å². The molecule has 7 heteroatoms. The lowest BCUT2D eigenvalue weighted by atomic mass is 10.2. The second kappa shape index (κ2) is 5.24. The molecule has 1 heterocycles. The Morgan fingerprint density at radius 2 is 1.75 bits per heavy atom. The average molecular weight is 346 g/mol. The molecule has 0 N–H and O–H groups in total. The normalized spacial score (nSPS) is 11.4. The molecule has 104 valence electrons. The van der Waals surface area contributed by atoms with Crippen LogP contribution in [0.25, 0.3) is 0 Å². The van der Waals surface area contributed by atoms with Gasteiger partial charge in [-0.15, -0.1) is 0 Å². The molecule has 0 aliphatic carbocycles. The van der Waals surface area contributed by atoms with Crippen LogP contribution in [-0.2, 0) is 6.18 Å². The summed E-state index contributed by atoms with van der Waals surface area (Å²) in [7, 11) is 0. The molecule has 0 saturated carbocycles. The molecule has 1 aromatic heterocycles. The SMILES string of the molecule is O=C(c1ccccc1Br)n1cc(C(F)(F)F)ccc1=O. The van der Waals surface area contributed by atoms with Crippen molar-refractivity contribution in [2.24, 2.45) is 0 Å². The monoisotopic (exact) mass is 345 g/mol. The minimum Gasteiger partial charge on any atom is -0.269 e. The maximum Gasteiger partial charge on any atom is 0.417 e. The maximum absolute atomic E-state index is 12.6. The van der Waals surface area contributed by atoms with Crippen LogP contribution in [0, 0.1) is 0 Å². The highest BCUT2D eigenvalue weighted by Crippen LogP contribution is 2.28. The number of aromatic nitrogens is 1. The van der Waals surface area contributed by atoms with Gasteiger partial charge >= 0.3 is 6.18 Å². The number of alkyl halides is 3. The average Bonchev–Trinajstić information content (AvgIpc) is 2.37.